The first kappa shape index (κ1) is 17.8. The smallest absolute Gasteiger partial charge is 0.373 e. The van der Waals surface area contributed by atoms with E-state index < -0.39 is 21.6 Å². The average Bonchev–Trinajstić information content (AvgIpc) is 2.34. The molecule has 0 saturated carbocycles. The van der Waals surface area contributed by atoms with Crippen molar-refractivity contribution in [2.45, 2.75) is 12.6 Å². The summed E-state index contributed by atoms with van der Waals surface area (Å²) in [6, 6.07) is 4.00. The van der Waals surface area contributed by atoms with Crippen molar-refractivity contribution < 1.29 is 21.6 Å². The predicted octanol–water partition coefficient (Wildman–Crippen LogP) is 1.69. The molecule has 8 heteroatoms. The minimum Gasteiger partial charge on any atom is -0.373 e. The largest absolute Gasteiger partial charge is 0.418 e. The molecular formula is C13H19F3N2O2S. The number of alkyl halides is 3. The Labute approximate surface area is 122 Å². The normalized spacial score (nSPS) is 12.5. The molecule has 0 bridgehead atoms. The van der Waals surface area contributed by atoms with Crippen molar-refractivity contribution in [1.29, 1.82) is 0 Å². The van der Waals surface area contributed by atoms with Crippen molar-refractivity contribution >= 4 is 15.5 Å². The van der Waals surface area contributed by atoms with Crippen molar-refractivity contribution in [3.63, 3.8) is 0 Å². The molecule has 0 amide bonds. The molecule has 1 aromatic carbocycles. The topological polar surface area (TPSA) is 63.4 Å². The molecule has 0 radical (unpaired) electrons. The van der Waals surface area contributed by atoms with E-state index in [-0.39, 0.29) is 24.5 Å². The quantitative estimate of drug-likeness (QED) is 0.865. The number of rotatable bonds is 6. The number of hydrogen-bond donors (Lipinski definition) is 1. The highest BCUT2D eigenvalue weighted by Crippen LogP contribution is 2.37. The molecule has 0 unspecified atom stereocenters. The van der Waals surface area contributed by atoms with Gasteiger partial charge in [0.2, 0.25) is 0 Å². The van der Waals surface area contributed by atoms with Gasteiger partial charge in [0.15, 0.2) is 0 Å². The van der Waals surface area contributed by atoms with Crippen LogP contribution in [0.5, 0.6) is 0 Å². The Hall–Kier alpha value is -1.28. The standard InChI is InChI=1S/C13H19F3N2O2S/c1-18(7-8-21(2,19)20)12-4-3-10(5-6-17)9-11(12)13(14,15)16/h3-4,9H,5-8,17H2,1-2H3. The van der Waals surface area contributed by atoms with E-state index in [4.69, 9.17) is 5.73 Å². The number of sulfone groups is 1. The maximum Gasteiger partial charge on any atom is 0.418 e. The molecule has 120 valence electrons. The highest BCUT2D eigenvalue weighted by atomic mass is 32.2. The summed E-state index contributed by atoms with van der Waals surface area (Å²) in [6.07, 6.45) is -3.09. The molecule has 1 aromatic rings. The molecule has 0 heterocycles. The zero-order valence-corrected chi connectivity index (χ0v) is 12.8. The lowest BCUT2D eigenvalue weighted by molar-refractivity contribution is -0.137. The van der Waals surface area contributed by atoms with Crippen LogP contribution in [0.4, 0.5) is 18.9 Å². The molecule has 0 aliphatic heterocycles. The highest BCUT2D eigenvalue weighted by molar-refractivity contribution is 7.90. The third-order valence-electron chi connectivity index (χ3n) is 3.01. The zero-order valence-electron chi connectivity index (χ0n) is 11.9. The van der Waals surface area contributed by atoms with Gasteiger partial charge in [0.25, 0.3) is 0 Å². The second kappa shape index (κ2) is 6.65. The zero-order chi connectivity index (χ0) is 16.3. The number of nitrogens with zero attached hydrogens (tertiary/aromatic N) is 1. The SMILES string of the molecule is CN(CCS(C)(=O)=O)c1ccc(CCN)cc1C(F)(F)F. The summed E-state index contributed by atoms with van der Waals surface area (Å²) < 4.78 is 61.6. The minimum absolute atomic E-state index is 0.00184. The summed E-state index contributed by atoms with van der Waals surface area (Å²) in [4.78, 5) is 1.30. The monoisotopic (exact) mass is 324 g/mol. The van der Waals surface area contributed by atoms with Gasteiger partial charge in [0.1, 0.15) is 9.84 Å². The molecule has 21 heavy (non-hydrogen) atoms. The van der Waals surface area contributed by atoms with E-state index >= 15 is 0 Å². The van der Waals surface area contributed by atoms with Gasteiger partial charge in [-0.15, -0.1) is 0 Å². The summed E-state index contributed by atoms with van der Waals surface area (Å²) in [5.74, 6) is -0.203. The maximum atomic E-state index is 13.1. The van der Waals surface area contributed by atoms with Crippen LogP contribution in [-0.2, 0) is 22.4 Å². The van der Waals surface area contributed by atoms with E-state index in [1.54, 1.807) is 6.07 Å². The Kier molecular flexibility index (Phi) is 5.63. The van der Waals surface area contributed by atoms with Gasteiger partial charge in [0.05, 0.1) is 11.3 Å². The minimum atomic E-state index is -4.50. The van der Waals surface area contributed by atoms with Gasteiger partial charge in [-0.3, -0.25) is 0 Å². The highest BCUT2D eigenvalue weighted by Gasteiger charge is 2.34. The lowest BCUT2D eigenvalue weighted by Gasteiger charge is -2.24. The summed E-state index contributed by atoms with van der Waals surface area (Å²) in [6.45, 7) is 0.263. The number of nitrogens with two attached hydrogens (primary N) is 1. The predicted molar refractivity (Wildman–Crippen MR) is 77.2 cm³/mol. The third kappa shape index (κ3) is 5.55. The molecule has 1 rings (SSSR count). The Morgan fingerprint density at radius 3 is 2.38 bits per heavy atom. The van der Waals surface area contributed by atoms with Crippen LogP contribution in [-0.4, -0.2) is 40.6 Å². The first-order valence-corrected chi connectivity index (χ1v) is 8.39. The first-order valence-electron chi connectivity index (χ1n) is 6.33. The first-order chi connectivity index (χ1) is 9.54. The van der Waals surface area contributed by atoms with Crippen molar-refractivity contribution in [2.24, 2.45) is 5.73 Å². The number of halogens is 3. The van der Waals surface area contributed by atoms with Crippen LogP contribution in [0.3, 0.4) is 0 Å². The van der Waals surface area contributed by atoms with Gasteiger partial charge in [0, 0.05) is 25.5 Å². The molecule has 0 spiro atoms. The second-order valence-corrected chi connectivity index (χ2v) is 7.20. The number of hydrogen-bond acceptors (Lipinski definition) is 4. The Balaban J connectivity index is 3.10. The van der Waals surface area contributed by atoms with E-state index in [1.807, 2.05) is 0 Å². The summed E-state index contributed by atoms with van der Waals surface area (Å²) in [5.41, 5.74) is 5.05. The van der Waals surface area contributed by atoms with Gasteiger partial charge in [-0.2, -0.15) is 13.2 Å². The van der Waals surface area contributed by atoms with E-state index in [9.17, 15) is 21.6 Å². The maximum absolute atomic E-state index is 13.1. The van der Waals surface area contributed by atoms with Crippen molar-refractivity contribution in [1.82, 2.24) is 0 Å². The molecule has 0 saturated heterocycles. The summed E-state index contributed by atoms with van der Waals surface area (Å²) in [7, 11) is -1.79. The lowest BCUT2D eigenvalue weighted by Crippen LogP contribution is -2.27. The van der Waals surface area contributed by atoms with E-state index in [1.165, 1.54) is 18.0 Å². The van der Waals surface area contributed by atoms with E-state index in [0.717, 1.165) is 12.3 Å². The third-order valence-corrected chi connectivity index (χ3v) is 3.93. The van der Waals surface area contributed by atoms with Crippen molar-refractivity contribution in [3.05, 3.63) is 29.3 Å². The van der Waals surface area contributed by atoms with Gasteiger partial charge in [-0.1, -0.05) is 6.07 Å². The van der Waals surface area contributed by atoms with Crippen LogP contribution in [0.2, 0.25) is 0 Å². The van der Waals surface area contributed by atoms with Gasteiger partial charge < -0.3 is 10.6 Å². The van der Waals surface area contributed by atoms with Gasteiger partial charge >= 0.3 is 6.18 Å². The lowest BCUT2D eigenvalue weighted by atomic mass is 10.0. The second-order valence-electron chi connectivity index (χ2n) is 4.94. The Morgan fingerprint density at radius 2 is 1.90 bits per heavy atom. The van der Waals surface area contributed by atoms with Crippen molar-refractivity contribution in [2.75, 3.05) is 37.0 Å². The van der Waals surface area contributed by atoms with Gasteiger partial charge in [-0.25, -0.2) is 8.42 Å². The van der Waals surface area contributed by atoms with E-state index in [0.29, 0.717) is 12.0 Å². The van der Waals surface area contributed by atoms with Crippen LogP contribution < -0.4 is 10.6 Å². The fraction of sp³-hybridized carbons (Fsp3) is 0.538. The Morgan fingerprint density at radius 1 is 1.29 bits per heavy atom. The molecule has 2 N–H and O–H groups in total. The van der Waals surface area contributed by atoms with Crippen LogP contribution in [0.1, 0.15) is 11.1 Å². The fourth-order valence-electron chi connectivity index (χ4n) is 1.89. The molecule has 4 nitrogen and oxygen atoms in total. The average molecular weight is 324 g/mol. The molecule has 0 aliphatic carbocycles. The van der Waals surface area contributed by atoms with Crippen LogP contribution >= 0.6 is 0 Å². The molecular weight excluding hydrogens is 305 g/mol. The molecule has 0 aliphatic rings. The molecule has 0 aromatic heterocycles. The van der Waals surface area contributed by atoms with Gasteiger partial charge in [-0.05, 0) is 30.7 Å². The molecule has 0 atom stereocenters. The number of benzene rings is 1. The van der Waals surface area contributed by atoms with Crippen LogP contribution in [0.25, 0.3) is 0 Å². The fourth-order valence-corrected chi connectivity index (χ4v) is 2.49. The summed E-state index contributed by atoms with van der Waals surface area (Å²) >= 11 is 0. The van der Waals surface area contributed by atoms with Crippen LogP contribution in [0, 0.1) is 0 Å². The molecule has 0 fully saturated rings. The Bertz CT molecular complexity index is 586. The van der Waals surface area contributed by atoms with Crippen molar-refractivity contribution in [3.8, 4) is 0 Å². The van der Waals surface area contributed by atoms with Crippen LogP contribution in [0.15, 0.2) is 18.2 Å². The summed E-state index contributed by atoms with van der Waals surface area (Å²) in [5, 5.41) is 0. The number of anilines is 1. The van der Waals surface area contributed by atoms with E-state index in [2.05, 4.69) is 0 Å².